The van der Waals surface area contributed by atoms with Gasteiger partial charge < -0.3 is 15.2 Å². The number of carbonyl (C=O) groups is 1. The highest BCUT2D eigenvalue weighted by Crippen LogP contribution is 2.15. The number of aryl methyl sites for hydroxylation is 1. The number of ether oxygens (including phenoxy) is 1. The first-order valence-corrected chi connectivity index (χ1v) is 7.34. The van der Waals surface area contributed by atoms with Crippen LogP contribution >= 0.6 is 0 Å². The molecule has 0 aliphatic heterocycles. The Hall–Kier alpha value is -2.33. The Kier molecular flexibility index (Phi) is 5.98. The molecule has 22 heavy (non-hydrogen) atoms. The normalized spacial score (nSPS) is 10.4. The summed E-state index contributed by atoms with van der Waals surface area (Å²) < 4.78 is 5.79. The maximum Gasteiger partial charge on any atom is 0.304 e. The van der Waals surface area contributed by atoms with Crippen molar-refractivity contribution in [3.05, 3.63) is 65.2 Å². The largest absolute Gasteiger partial charge is 0.489 e. The van der Waals surface area contributed by atoms with Crippen molar-refractivity contribution in [1.82, 2.24) is 5.32 Å². The molecule has 2 aromatic rings. The fraction of sp³-hybridized carbons (Fsp3) is 0.278. The molecule has 4 heteroatoms. The van der Waals surface area contributed by atoms with E-state index in [-0.39, 0.29) is 6.42 Å². The lowest BCUT2D eigenvalue weighted by molar-refractivity contribution is -0.136. The zero-order valence-corrected chi connectivity index (χ0v) is 12.7. The molecule has 0 heterocycles. The number of benzene rings is 2. The van der Waals surface area contributed by atoms with Crippen molar-refractivity contribution in [3.8, 4) is 5.75 Å². The molecule has 0 spiro atoms. The van der Waals surface area contributed by atoms with E-state index in [0.29, 0.717) is 19.7 Å². The van der Waals surface area contributed by atoms with E-state index in [4.69, 9.17) is 9.84 Å². The van der Waals surface area contributed by atoms with Gasteiger partial charge in [0.25, 0.3) is 0 Å². The zero-order valence-electron chi connectivity index (χ0n) is 12.7. The zero-order chi connectivity index (χ0) is 15.8. The second-order valence-corrected chi connectivity index (χ2v) is 5.18. The van der Waals surface area contributed by atoms with Crippen molar-refractivity contribution in [2.45, 2.75) is 26.5 Å². The molecule has 0 amide bonds. The molecule has 0 aliphatic carbocycles. The van der Waals surface area contributed by atoms with Crippen LogP contribution in [0.5, 0.6) is 5.75 Å². The highest BCUT2D eigenvalue weighted by molar-refractivity contribution is 5.66. The van der Waals surface area contributed by atoms with Gasteiger partial charge in [0, 0.05) is 13.1 Å². The van der Waals surface area contributed by atoms with Gasteiger partial charge in [-0.1, -0.05) is 36.4 Å². The third kappa shape index (κ3) is 5.22. The van der Waals surface area contributed by atoms with E-state index in [2.05, 4.69) is 24.4 Å². The van der Waals surface area contributed by atoms with E-state index in [9.17, 15) is 4.79 Å². The fourth-order valence-electron chi connectivity index (χ4n) is 2.06. The van der Waals surface area contributed by atoms with Crippen LogP contribution in [-0.2, 0) is 17.9 Å². The van der Waals surface area contributed by atoms with Crippen LogP contribution in [0.25, 0.3) is 0 Å². The molecule has 2 aromatic carbocycles. The van der Waals surface area contributed by atoms with Crippen molar-refractivity contribution < 1.29 is 14.6 Å². The first-order chi connectivity index (χ1) is 10.6. The lowest BCUT2D eigenvalue weighted by Gasteiger charge is -2.09. The van der Waals surface area contributed by atoms with Crippen molar-refractivity contribution in [2.75, 3.05) is 6.54 Å². The molecule has 0 bridgehead atoms. The fourth-order valence-corrected chi connectivity index (χ4v) is 2.06. The van der Waals surface area contributed by atoms with Gasteiger partial charge in [0.2, 0.25) is 0 Å². The Labute approximate surface area is 130 Å². The molecule has 2 N–H and O–H groups in total. The lowest BCUT2D eigenvalue weighted by Crippen LogP contribution is -2.17. The van der Waals surface area contributed by atoms with Gasteiger partial charge in [-0.3, -0.25) is 4.79 Å². The molecular formula is C18H21NO3. The van der Waals surface area contributed by atoms with Crippen molar-refractivity contribution in [3.63, 3.8) is 0 Å². The van der Waals surface area contributed by atoms with Crippen molar-refractivity contribution in [1.29, 1.82) is 0 Å². The van der Waals surface area contributed by atoms with Crippen LogP contribution < -0.4 is 10.1 Å². The van der Waals surface area contributed by atoms with Crippen LogP contribution in [0.3, 0.4) is 0 Å². The smallest absolute Gasteiger partial charge is 0.304 e. The van der Waals surface area contributed by atoms with Gasteiger partial charge in [0.1, 0.15) is 12.4 Å². The van der Waals surface area contributed by atoms with Gasteiger partial charge in [0.05, 0.1) is 6.42 Å². The highest BCUT2D eigenvalue weighted by atomic mass is 16.5. The Bertz CT molecular complexity index is 608. The second-order valence-electron chi connectivity index (χ2n) is 5.18. The Morgan fingerprint density at radius 1 is 1.14 bits per heavy atom. The Morgan fingerprint density at radius 2 is 1.86 bits per heavy atom. The standard InChI is InChI=1S/C18H21NO3/c1-14-4-2-3-5-16(14)13-22-17-8-6-15(7-9-17)12-19-11-10-18(20)21/h2-9,19H,10-13H2,1H3,(H,20,21). The molecule has 0 saturated carbocycles. The summed E-state index contributed by atoms with van der Waals surface area (Å²) in [5, 5.41) is 11.7. The van der Waals surface area contributed by atoms with Crippen molar-refractivity contribution >= 4 is 5.97 Å². The summed E-state index contributed by atoms with van der Waals surface area (Å²) in [4.78, 5) is 10.4. The summed E-state index contributed by atoms with van der Waals surface area (Å²) in [6, 6.07) is 16.0. The SMILES string of the molecule is Cc1ccccc1COc1ccc(CNCCC(=O)O)cc1. The number of rotatable bonds is 8. The topological polar surface area (TPSA) is 58.6 Å². The number of aliphatic carboxylic acids is 1. The van der Waals surface area contributed by atoms with Crippen LogP contribution in [0, 0.1) is 6.92 Å². The van der Waals surface area contributed by atoms with E-state index in [0.717, 1.165) is 11.3 Å². The minimum absolute atomic E-state index is 0.137. The molecule has 0 fully saturated rings. The van der Waals surface area contributed by atoms with E-state index in [1.807, 2.05) is 36.4 Å². The van der Waals surface area contributed by atoms with Gasteiger partial charge in [-0.2, -0.15) is 0 Å². The second kappa shape index (κ2) is 8.20. The number of carboxylic acid groups (broad SMARTS) is 1. The van der Waals surface area contributed by atoms with E-state index in [1.165, 1.54) is 11.1 Å². The van der Waals surface area contributed by atoms with Crippen LogP contribution in [-0.4, -0.2) is 17.6 Å². The van der Waals surface area contributed by atoms with E-state index >= 15 is 0 Å². The first kappa shape index (κ1) is 16.0. The maximum absolute atomic E-state index is 10.4. The predicted molar refractivity (Wildman–Crippen MR) is 85.9 cm³/mol. The highest BCUT2D eigenvalue weighted by Gasteiger charge is 2.00. The molecule has 0 unspecified atom stereocenters. The van der Waals surface area contributed by atoms with Gasteiger partial charge in [0.15, 0.2) is 0 Å². The Balaban J connectivity index is 1.79. The summed E-state index contributed by atoms with van der Waals surface area (Å²) in [6.07, 6.45) is 0.137. The predicted octanol–water partition coefficient (Wildman–Crippen LogP) is 3.14. The average Bonchev–Trinajstić information content (AvgIpc) is 2.52. The van der Waals surface area contributed by atoms with Crippen LogP contribution in [0.1, 0.15) is 23.1 Å². The number of hydrogen-bond donors (Lipinski definition) is 2. The average molecular weight is 299 g/mol. The molecule has 0 atom stereocenters. The summed E-state index contributed by atoms with van der Waals surface area (Å²) in [7, 11) is 0. The van der Waals surface area contributed by atoms with Crippen LogP contribution in [0.15, 0.2) is 48.5 Å². The molecular weight excluding hydrogens is 278 g/mol. The van der Waals surface area contributed by atoms with Crippen LogP contribution in [0.4, 0.5) is 0 Å². The maximum atomic E-state index is 10.4. The third-order valence-corrected chi connectivity index (χ3v) is 3.42. The monoisotopic (exact) mass is 299 g/mol. The number of hydrogen-bond acceptors (Lipinski definition) is 3. The first-order valence-electron chi connectivity index (χ1n) is 7.34. The van der Waals surface area contributed by atoms with Gasteiger partial charge in [-0.15, -0.1) is 0 Å². The Morgan fingerprint density at radius 3 is 2.55 bits per heavy atom. The van der Waals surface area contributed by atoms with Gasteiger partial charge in [-0.05, 0) is 35.7 Å². The number of carboxylic acids is 1. The molecule has 0 radical (unpaired) electrons. The van der Waals surface area contributed by atoms with E-state index in [1.54, 1.807) is 0 Å². The van der Waals surface area contributed by atoms with Crippen molar-refractivity contribution in [2.24, 2.45) is 0 Å². The molecule has 0 aliphatic rings. The molecule has 0 saturated heterocycles. The third-order valence-electron chi connectivity index (χ3n) is 3.42. The molecule has 4 nitrogen and oxygen atoms in total. The van der Waals surface area contributed by atoms with Gasteiger partial charge in [-0.25, -0.2) is 0 Å². The minimum Gasteiger partial charge on any atom is -0.489 e. The van der Waals surface area contributed by atoms with Crippen LogP contribution in [0.2, 0.25) is 0 Å². The summed E-state index contributed by atoms with van der Waals surface area (Å²) in [6.45, 7) is 3.76. The summed E-state index contributed by atoms with van der Waals surface area (Å²) in [5.41, 5.74) is 3.51. The summed E-state index contributed by atoms with van der Waals surface area (Å²) >= 11 is 0. The molecule has 116 valence electrons. The quantitative estimate of drug-likeness (QED) is 0.735. The number of nitrogens with one attached hydrogen (secondary N) is 1. The minimum atomic E-state index is -0.785. The molecule has 0 aromatic heterocycles. The lowest BCUT2D eigenvalue weighted by atomic mass is 10.1. The molecule has 2 rings (SSSR count). The van der Waals surface area contributed by atoms with Gasteiger partial charge >= 0.3 is 5.97 Å². The summed E-state index contributed by atoms with van der Waals surface area (Å²) in [5.74, 6) is 0.0463. The van der Waals surface area contributed by atoms with E-state index < -0.39 is 5.97 Å².